The van der Waals surface area contributed by atoms with Crippen LogP contribution in [0.2, 0.25) is 0 Å². The van der Waals surface area contributed by atoms with Crippen molar-refractivity contribution in [1.29, 1.82) is 0 Å². The molecule has 174 valence electrons. The van der Waals surface area contributed by atoms with E-state index in [9.17, 15) is 13.2 Å². The van der Waals surface area contributed by atoms with E-state index in [0.717, 1.165) is 27.9 Å². The fourth-order valence-corrected chi connectivity index (χ4v) is 5.58. The maximum atomic E-state index is 12.7. The Bertz CT molecular complexity index is 1430. The zero-order valence-corrected chi connectivity index (χ0v) is 21.0. The molecule has 0 aliphatic carbocycles. The van der Waals surface area contributed by atoms with Gasteiger partial charge in [-0.3, -0.25) is 14.8 Å². The molecule has 3 aromatic carbocycles. The summed E-state index contributed by atoms with van der Waals surface area (Å²) < 4.78 is 27.7. The van der Waals surface area contributed by atoms with Crippen LogP contribution in [0.15, 0.2) is 70.9 Å². The molecule has 0 saturated carbocycles. The molecule has 1 aromatic heterocycles. The maximum Gasteiger partial charge on any atom is 0.261 e. The predicted octanol–water partition coefficient (Wildman–Crippen LogP) is 6.10. The first-order valence-electron chi connectivity index (χ1n) is 10.7. The van der Waals surface area contributed by atoms with Crippen LogP contribution in [0.25, 0.3) is 11.3 Å². The number of aryl methyl sites for hydroxylation is 4. The smallest absolute Gasteiger partial charge is 0.261 e. The standard InChI is InChI=1S/C26H25N3O3S2/c1-16-5-11-22(12-6-16)34(31,32)29-21-9-7-20(8-10-21)25(30)28-26-27-23(15-33-26)24-18(3)13-17(2)14-19(24)4/h5-15,29H,1-4H3,(H,27,28,30). The Morgan fingerprint density at radius 1 is 0.853 bits per heavy atom. The number of carbonyl (C=O) groups is 1. The van der Waals surface area contributed by atoms with Gasteiger partial charge in [0, 0.05) is 22.2 Å². The van der Waals surface area contributed by atoms with Gasteiger partial charge in [-0.1, -0.05) is 35.4 Å². The van der Waals surface area contributed by atoms with E-state index >= 15 is 0 Å². The number of nitrogens with one attached hydrogen (secondary N) is 2. The summed E-state index contributed by atoms with van der Waals surface area (Å²) in [6.07, 6.45) is 0. The van der Waals surface area contributed by atoms with Crippen molar-refractivity contribution in [3.8, 4) is 11.3 Å². The first kappa shape index (κ1) is 23.7. The van der Waals surface area contributed by atoms with E-state index in [1.54, 1.807) is 48.5 Å². The van der Waals surface area contributed by atoms with Crippen molar-refractivity contribution in [2.45, 2.75) is 32.6 Å². The highest BCUT2D eigenvalue weighted by Gasteiger charge is 2.16. The molecule has 0 radical (unpaired) electrons. The Morgan fingerprint density at radius 2 is 1.47 bits per heavy atom. The van der Waals surface area contributed by atoms with Crippen LogP contribution >= 0.6 is 11.3 Å². The largest absolute Gasteiger partial charge is 0.298 e. The summed E-state index contributed by atoms with van der Waals surface area (Å²) in [5.41, 5.74) is 7.15. The van der Waals surface area contributed by atoms with Gasteiger partial charge in [-0.05, 0) is 75.2 Å². The first-order chi connectivity index (χ1) is 16.1. The summed E-state index contributed by atoms with van der Waals surface area (Å²) in [6.45, 7) is 8.07. The van der Waals surface area contributed by atoms with E-state index < -0.39 is 10.0 Å². The quantitative estimate of drug-likeness (QED) is 0.341. The number of sulfonamides is 1. The Kier molecular flexibility index (Phi) is 6.54. The fraction of sp³-hybridized carbons (Fsp3) is 0.154. The zero-order chi connectivity index (χ0) is 24.5. The van der Waals surface area contributed by atoms with Crippen LogP contribution in [0.3, 0.4) is 0 Å². The SMILES string of the molecule is Cc1ccc(S(=O)(=O)Nc2ccc(C(=O)Nc3nc(-c4c(C)cc(C)cc4C)cs3)cc2)cc1. The maximum absolute atomic E-state index is 12.7. The monoisotopic (exact) mass is 491 g/mol. The average Bonchev–Trinajstić information content (AvgIpc) is 3.21. The van der Waals surface area contributed by atoms with E-state index in [0.29, 0.717) is 16.4 Å². The number of anilines is 2. The number of amides is 1. The van der Waals surface area contributed by atoms with Crippen molar-refractivity contribution in [3.63, 3.8) is 0 Å². The molecular weight excluding hydrogens is 466 g/mol. The summed E-state index contributed by atoms with van der Waals surface area (Å²) in [4.78, 5) is 17.5. The molecular formula is C26H25N3O3S2. The molecule has 0 atom stereocenters. The zero-order valence-electron chi connectivity index (χ0n) is 19.3. The van der Waals surface area contributed by atoms with E-state index in [1.807, 2.05) is 12.3 Å². The number of benzene rings is 3. The van der Waals surface area contributed by atoms with Crippen molar-refractivity contribution < 1.29 is 13.2 Å². The molecule has 4 rings (SSSR count). The lowest BCUT2D eigenvalue weighted by atomic mass is 9.98. The lowest BCUT2D eigenvalue weighted by Gasteiger charge is -2.09. The molecule has 0 fully saturated rings. The second kappa shape index (κ2) is 9.40. The molecule has 0 unspecified atom stereocenters. The number of hydrogen-bond acceptors (Lipinski definition) is 5. The number of nitrogens with zero attached hydrogens (tertiary/aromatic N) is 1. The minimum absolute atomic E-state index is 0.179. The molecule has 0 aliphatic heterocycles. The van der Waals surface area contributed by atoms with Gasteiger partial charge in [0.15, 0.2) is 5.13 Å². The van der Waals surface area contributed by atoms with Gasteiger partial charge in [0.2, 0.25) is 0 Å². The van der Waals surface area contributed by atoms with Gasteiger partial charge in [-0.25, -0.2) is 13.4 Å². The summed E-state index contributed by atoms with van der Waals surface area (Å²) >= 11 is 1.36. The highest BCUT2D eigenvalue weighted by Crippen LogP contribution is 2.31. The van der Waals surface area contributed by atoms with Gasteiger partial charge in [0.05, 0.1) is 10.6 Å². The van der Waals surface area contributed by atoms with Gasteiger partial charge in [0.1, 0.15) is 0 Å². The topological polar surface area (TPSA) is 88.2 Å². The molecule has 34 heavy (non-hydrogen) atoms. The number of thiazole rings is 1. The van der Waals surface area contributed by atoms with Gasteiger partial charge >= 0.3 is 0 Å². The second-order valence-corrected chi connectivity index (χ2v) is 10.8. The average molecular weight is 492 g/mol. The van der Waals surface area contributed by atoms with Crippen molar-refractivity contribution in [2.24, 2.45) is 0 Å². The third-order valence-corrected chi connectivity index (χ3v) is 7.54. The Labute approximate surface area is 203 Å². The molecule has 8 heteroatoms. The highest BCUT2D eigenvalue weighted by molar-refractivity contribution is 7.92. The minimum atomic E-state index is -3.70. The molecule has 0 saturated heterocycles. The van der Waals surface area contributed by atoms with Crippen LogP contribution in [-0.4, -0.2) is 19.3 Å². The van der Waals surface area contributed by atoms with Crippen LogP contribution in [0.5, 0.6) is 0 Å². The molecule has 1 amide bonds. The molecule has 6 nitrogen and oxygen atoms in total. The van der Waals surface area contributed by atoms with Gasteiger partial charge < -0.3 is 0 Å². The number of hydrogen-bond donors (Lipinski definition) is 2. The van der Waals surface area contributed by atoms with Gasteiger partial charge in [0.25, 0.3) is 15.9 Å². The summed E-state index contributed by atoms with van der Waals surface area (Å²) in [5.74, 6) is -0.314. The second-order valence-electron chi connectivity index (χ2n) is 8.26. The predicted molar refractivity (Wildman–Crippen MR) is 138 cm³/mol. The first-order valence-corrected chi connectivity index (χ1v) is 13.0. The highest BCUT2D eigenvalue weighted by atomic mass is 32.2. The van der Waals surface area contributed by atoms with Crippen LogP contribution in [-0.2, 0) is 10.0 Å². The van der Waals surface area contributed by atoms with E-state index in [-0.39, 0.29) is 10.8 Å². The Morgan fingerprint density at radius 3 is 2.09 bits per heavy atom. The Balaban J connectivity index is 1.45. The molecule has 0 aliphatic rings. The molecule has 2 N–H and O–H groups in total. The van der Waals surface area contributed by atoms with E-state index in [1.165, 1.54) is 16.9 Å². The van der Waals surface area contributed by atoms with Gasteiger partial charge in [-0.15, -0.1) is 11.3 Å². The molecule has 0 bridgehead atoms. The molecule has 4 aromatic rings. The van der Waals surface area contributed by atoms with Crippen LogP contribution in [0, 0.1) is 27.7 Å². The third-order valence-electron chi connectivity index (χ3n) is 5.39. The normalized spacial score (nSPS) is 11.3. The lowest BCUT2D eigenvalue weighted by Crippen LogP contribution is -2.14. The number of aromatic nitrogens is 1. The van der Waals surface area contributed by atoms with Crippen molar-refractivity contribution in [1.82, 2.24) is 4.98 Å². The summed E-state index contributed by atoms with van der Waals surface area (Å²) in [6, 6.07) is 17.1. The van der Waals surface area contributed by atoms with Crippen LogP contribution in [0.4, 0.5) is 10.8 Å². The van der Waals surface area contributed by atoms with Crippen molar-refractivity contribution >= 4 is 38.1 Å². The lowest BCUT2D eigenvalue weighted by molar-refractivity contribution is 0.102. The number of rotatable bonds is 6. The van der Waals surface area contributed by atoms with Crippen molar-refractivity contribution in [3.05, 3.63) is 93.9 Å². The summed E-state index contributed by atoms with van der Waals surface area (Å²) in [7, 11) is -3.70. The fourth-order valence-electron chi connectivity index (χ4n) is 3.82. The van der Waals surface area contributed by atoms with Crippen molar-refractivity contribution in [2.75, 3.05) is 10.0 Å². The summed E-state index contributed by atoms with van der Waals surface area (Å²) in [5, 5.41) is 5.26. The molecule has 0 spiro atoms. The third kappa shape index (κ3) is 5.18. The van der Waals surface area contributed by atoms with Crippen LogP contribution < -0.4 is 10.0 Å². The molecule has 1 heterocycles. The number of carbonyl (C=O) groups excluding carboxylic acids is 1. The van der Waals surface area contributed by atoms with Crippen LogP contribution in [0.1, 0.15) is 32.6 Å². The van der Waals surface area contributed by atoms with E-state index in [4.69, 9.17) is 0 Å². The minimum Gasteiger partial charge on any atom is -0.298 e. The Hall–Kier alpha value is -3.49. The van der Waals surface area contributed by atoms with Gasteiger partial charge in [-0.2, -0.15) is 0 Å². The van der Waals surface area contributed by atoms with E-state index in [2.05, 4.69) is 47.9 Å².